The van der Waals surface area contributed by atoms with Crippen molar-refractivity contribution in [3.8, 4) is 5.75 Å². The summed E-state index contributed by atoms with van der Waals surface area (Å²) in [6.07, 6.45) is 3.71. The van der Waals surface area contributed by atoms with Crippen LogP contribution in [0, 0.1) is 0 Å². The zero-order valence-corrected chi connectivity index (χ0v) is 24.1. The van der Waals surface area contributed by atoms with E-state index in [0.29, 0.717) is 25.5 Å². The zero-order chi connectivity index (χ0) is 28.5. The van der Waals surface area contributed by atoms with Gasteiger partial charge in [-0.1, -0.05) is 24.3 Å². The van der Waals surface area contributed by atoms with E-state index in [2.05, 4.69) is 10.6 Å². The minimum atomic E-state index is -4.16. The van der Waals surface area contributed by atoms with Gasteiger partial charge in [-0.2, -0.15) is 0 Å². The lowest BCUT2D eigenvalue weighted by Crippen LogP contribution is -2.39. The summed E-state index contributed by atoms with van der Waals surface area (Å²) in [6, 6.07) is 19.7. The third kappa shape index (κ3) is 7.15. The van der Waals surface area contributed by atoms with E-state index in [9.17, 15) is 18.0 Å². The average molecular weight is 584 g/mol. The molecule has 40 heavy (non-hydrogen) atoms. The van der Waals surface area contributed by atoms with Crippen LogP contribution in [0.15, 0.2) is 82.6 Å². The number of hydrogen-bond acceptors (Lipinski definition) is 7. The molecule has 0 radical (unpaired) electrons. The van der Waals surface area contributed by atoms with Gasteiger partial charge < -0.3 is 20.1 Å². The molecule has 0 aromatic heterocycles. The number of para-hydroxylation sites is 3. The van der Waals surface area contributed by atoms with E-state index in [-0.39, 0.29) is 33.8 Å². The Hall–Kier alpha value is -3.54. The Morgan fingerprint density at radius 3 is 2.48 bits per heavy atom. The molecule has 3 aromatic carbocycles. The van der Waals surface area contributed by atoms with Gasteiger partial charge in [-0.15, -0.1) is 11.8 Å². The van der Waals surface area contributed by atoms with E-state index in [0.717, 1.165) is 22.0 Å². The van der Waals surface area contributed by atoms with Crippen LogP contribution < -0.4 is 19.7 Å². The monoisotopic (exact) mass is 583 g/mol. The Kier molecular flexibility index (Phi) is 10.1. The number of carbonyl (C=O) groups excluding carboxylic acids is 2. The number of nitrogens with one attached hydrogen (secondary N) is 2. The molecule has 4 rings (SSSR count). The first-order chi connectivity index (χ1) is 19.3. The topological polar surface area (TPSA) is 114 Å². The predicted octanol–water partition coefficient (Wildman–Crippen LogP) is 4.55. The second-order valence-corrected chi connectivity index (χ2v) is 11.8. The minimum Gasteiger partial charge on any atom is -0.492 e. The molecular formula is C29H33N3O6S2. The third-order valence-corrected chi connectivity index (χ3v) is 8.85. The number of rotatable bonds is 12. The summed E-state index contributed by atoms with van der Waals surface area (Å²) in [7, 11) is -4.16. The van der Waals surface area contributed by atoms with E-state index < -0.39 is 22.5 Å². The minimum absolute atomic E-state index is 0.0279. The van der Waals surface area contributed by atoms with Crippen molar-refractivity contribution in [1.29, 1.82) is 0 Å². The fraction of sp³-hybridized carbons (Fsp3) is 0.310. The van der Waals surface area contributed by atoms with Crippen molar-refractivity contribution in [2.75, 3.05) is 42.2 Å². The summed E-state index contributed by atoms with van der Waals surface area (Å²) in [5.41, 5.74) is 0.777. The second kappa shape index (κ2) is 13.7. The highest BCUT2D eigenvalue weighted by Crippen LogP contribution is 2.33. The van der Waals surface area contributed by atoms with Crippen molar-refractivity contribution in [3.63, 3.8) is 0 Å². The molecule has 0 aliphatic carbocycles. The Labute approximate surface area is 239 Å². The highest BCUT2D eigenvalue weighted by atomic mass is 32.2. The lowest BCUT2D eigenvalue weighted by atomic mass is 10.1. The molecule has 1 fully saturated rings. The normalized spacial score (nSPS) is 14.9. The van der Waals surface area contributed by atoms with Crippen LogP contribution in [0.1, 0.15) is 30.1 Å². The number of thioether (sulfide) groups is 1. The van der Waals surface area contributed by atoms with Crippen LogP contribution in [-0.2, 0) is 19.6 Å². The highest BCUT2D eigenvalue weighted by molar-refractivity contribution is 7.98. The van der Waals surface area contributed by atoms with Gasteiger partial charge >= 0.3 is 0 Å². The number of sulfonamides is 1. The van der Waals surface area contributed by atoms with Crippen LogP contribution in [0.25, 0.3) is 0 Å². The Morgan fingerprint density at radius 2 is 1.77 bits per heavy atom. The molecule has 2 N–H and O–H groups in total. The molecule has 1 heterocycles. The first-order valence-electron chi connectivity index (χ1n) is 13.0. The molecule has 1 saturated heterocycles. The molecule has 2 amide bonds. The fourth-order valence-corrected chi connectivity index (χ4v) is 6.17. The SMILES string of the molecule is CCOc1ccccc1N(CC(=O)Nc1ccccc1C(=O)NCC1CCCO1)S(=O)(=O)c1ccc(SC)cc1. The second-order valence-electron chi connectivity index (χ2n) is 9.03. The summed E-state index contributed by atoms with van der Waals surface area (Å²) in [6.45, 7) is 2.62. The molecule has 0 spiro atoms. The third-order valence-electron chi connectivity index (χ3n) is 6.33. The maximum atomic E-state index is 13.9. The number of benzene rings is 3. The van der Waals surface area contributed by atoms with Gasteiger partial charge in [0.25, 0.3) is 15.9 Å². The van der Waals surface area contributed by atoms with Crippen molar-refractivity contribution in [2.24, 2.45) is 0 Å². The van der Waals surface area contributed by atoms with Crippen molar-refractivity contribution in [3.05, 3.63) is 78.4 Å². The molecule has 1 aliphatic rings. The van der Waals surface area contributed by atoms with Gasteiger partial charge in [-0.25, -0.2) is 8.42 Å². The van der Waals surface area contributed by atoms with Crippen LogP contribution in [-0.4, -0.2) is 58.9 Å². The number of nitrogens with zero attached hydrogens (tertiary/aromatic N) is 1. The fourth-order valence-electron chi connectivity index (χ4n) is 4.33. The van der Waals surface area contributed by atoms with Crippen molar-refractivity contribution < 1.29 is 27.5 Å². The van der Waals surface area contributed by atoms with Gasteiger partial charge in [0.05, 0.1) is 34.5 Å². The van der Waals surface area contributed by atoms with Crippen LogP contribution in [0.4, 0.5) is 11.4 Å². The van der Waals surface area contributed by atoms with E-state index in [1.54, 1.807) is 67.6 Å². The van der Waals surface area contributed by atoms with Crippen LogP contribution in [0.2, 0.25) is 0 Å². The van der Waals surface area contributed by atoms with Crippen molar-refractivity contribution >= 4 is 45.0 Å². The molecule has 0 saturated carbocycles. The quantitative estimate of drug-likeness (QED) is 0.301. The highest BCUT2D eigenvalue weighted by Gasteiger charge is 2.30. The smallest absolute Gasteiger partial charge is 0.264 e. The predicted molar refractivity (Wildman–Crippen MR) is 157 cm³/mol. The molecule has 0 bridgehead atoms. The summed E-state index contributed by atoms with van der Waals surface area (Å²) < 4.78 is 40.0. The maximum absolute atomic E-state index is 13.9. The average Bonchev–Trinajstić information content (AvgIpc) is 3.49. The zero-order valence-electron chi connectivity index (χ0n) is 22.5. The van der Waals surface area contributed by atoms with Crippen LogP contribution in [0.3, 0.4) is 0 Å². The molecule has 3 aromatic rings. The number of amides is 2. The molecule has 1 aliphatic heterocycles. The Morgan fingerprint density at radius 1 is 1.05 bits per heavy atom. The van der Waals surface area contributed by atoms with E-state index in [1.807, 2.05) is 6.26 Å². The van der Waals surface area contributed by atoms with Crippen molar-refractivity contribution in [2.45, 2.75) is 35.7 Å². The standard InChI is InChI=1S/C29H33N3O6S2/c1-3-37-27-13-7-6-12-26(27)32(40(35,36)23-16-14-22(39-2)15-17-23)20-28(33)31-25-11-5-4-10-24(25)29(34)30-19-21-9-8-18-38-21/h4-7,10-17,21H,3,8-9,18-20H2,1-2H3,(H,30,34)(H,31,33). The van der Waals surface area contributed by atoms with Gasteiger partial charge in [0.1, 0.15) is 12.3 Å². The number of hydrogen-bond donors (Lipinski definition) is 2. The van der Waals surface area contributed by atoms with Gasteiger partial charge in [0.2, 0.25) is 5.91 Å². The lowest BCUT2D eigenvalue weighted by molar-refractivity contribution is -0.114. The van der Waals surface area contributed by atoms with Gasteiger partial charge in [-0.05, 0) is 74.6 Å². The summed E-state index contributed by atoms with van der Waals surface area (Å²) in [5, 5.41) is 5.59. The molecule has 1 unspecified atom stereocenters. The van der Waals surface area contributed by atoms with E-state index in [1.165, 1.54) is 23.9 Å². The summed E-state index contributed by atoms with van der Waals surface area (Å²) in [5.74, 6) is -0.641. The van der Waals surface area contributed by atoms with Crippen LogP contribution in [0.5, 0.6) is 5.75 Å². The molecular weight excluding hydrogens is 550 g/mol. The summed E-state index contributed by atoms with van der Waals surface area (Å²) >= 11 is 1.50. The number of ether oxygens (including phenoxy) is 2. The van der Waals surface area contributed by atoms with Gasteiger partial charge in [-0.3, -0.25) is 13.9 Å². The maximum Gasteiger partial charge on any atom is 0.264 e. The Bertz CT molecular complexity index is 1420. The molecule has 9 nitrogen and oxygen atoms in total. The molecule has 212 valence electrons. The van der Waals surface area contributed by atoms with E-state index in [4.69, 9.17) is 9.47 Å². The first kappa shape index (κ1) is 29.4. The molecule has 11 heteroatoms. The first-order valence-corrected chi connectivity index (χ1v) is 15.7. The van der Waals surface area contributed by atoms with Crippen molar-refractivity contribution in [1.82, 2.24) is 5.32 Å². The summed E-state index contributed by atoms with van der Waals surface area (Å²) in [4.78, 5) is 27.2. The number of anilines is 2. The lowest BCUT2D eigenvalue weighted by Gasteiger charge is -2.26. The van der Waals surface area contributed by atoms with Gasteiger partial charge in [0.15, 0.2) is 0 Å². The largest absolute Gasteiger partial charge is 0.492 e. The van der Waals surface area contributed by atoms with Gasteiger partial charge in [0, 0.05) is 18.0 Å². The van der Waals surface area contributed by atoms with Crippen LogP contribution >= 0.6 is 11.8 Å². The number of carbonyl (C=O) groups is 2. The van der Waals surface area contributed by atoms with E-state index >= 15 is 0 Å². The molecule has 1 atom stereocenters. The Balaban J connectivity index is 1.60.